The van der Waals surface area contributed by atoms with Gasteiger partial charge in [-0.15, -0.1) is 11.3 Å². The lowest BCUT2D eigenvalue weighted by atomic mass is 10.00. The van der Waals surface area contributed by atoms with Crippen LogP contribution in [-0.2, 0) is 12.8 Å². The molecule has 0 radical (unpaired) electrons. The van der Waals surface area contributed by atoms with Gasteiger partial charge in [0.2, 0.25) is 0 Å². The van der Waals surface area contributed by atoms with Gasteiger partial charge in [-0.1, -0.05) is 50.6 Å². The summed E-state index contributed by atoms with van der Waals surface area (Å²) in [5.41, 5.74) is 2.57. The highest BCUT2D eigenvalue weighted by molar-refractivity contribution is 7.15. The zero-order chi connectivity index (χ0) is 17.1. The Kier molecular flexibility index (Phi) is 5.10. The predicted octanol–water partition coefficient (Wildman–Crippen LogP) is 6.88. The van der Waals surface area contributed by atoms with Crippen LogP contribution in [0.5, 0.6) is 0 Å². The number of hydrogen-bond acceptors (Lipinski definition) is 1. The average Bonchev–Trinajstić information content (AvgIpc) is 3.07. The zero-order valence-corrected chi connectivity index (χ0v) is 14.7. The molecule has 0 spiro atoms. The summed E-state index contributed by atoms with van der Waals surface area (Å²) in [5, 5.41) is 0. The van der Waals surface area contributed by atoms with Gasteiger partial charge in [0.25, 0.3) is 0 Å². The molecule has 3 aromatic rings. The van der Waals surface area contributed by atoms with E-state index in [2.05, 4.69) is 13.8 Å². The standard InChI is InChI=1S/C21H20F2S/c1-3-5-14-6-8-15(9-7-14)17-11-12-18(21(23)20(17)22)19-13-10-16(4-2)24-19/h6-13H,3-5H2,1-2H3. The molecule has 24 heavy (non-hydrogen) atoms. The van der Waals surface area contributed by atoms with Gasteiger partial charge in [-0.05, 0) is 42.2 Å². The highest BCUT2D eigenvalue weighted by atomic mass is 32.1. The van der Waals surface area contributed by atoms with Gasteiger partial charge in [-0.25, -0.2) is 8.78 Å². The molecule has 0 saturated heterocycles. The minimum Gasteiger partial charge on any atom is -0.203 e. The highest BCUT2D eigenvalue weighted by Gasteiger charge is 2.17. The lowest BCUT2D eigenvalue weighted by Gasteiger charge is -2.09. The Morgan fingerprint density at radius 2 is 1.46 bits per heavy atom. The van der Waals surface area contributed by atoms with Crippen molar-refractivity contribution in [3.05, 3.63) is 70.6 Å². The molecular weight excluding hydrogens is 322 g/mol. The molecule has 1 heterocycles. The van der Waals surface area contributed by atoms with E-state index in [4.69, 9.17) is 0 Å². The molecule has 124 valence electrons. The lowest BCUT2D eigenvalue weighted by molar-refractivity contribution is 0.514. The molecule has 0 unspecified atom stereocenters. The molecule has 0 bridgehead atoms. The number of benzene rings is 2. The second-order valence-electron chi connectivity index (χ2n) is 5.86. The van der Waals surface area contributed by atoms with Crippen LogP contribution in [0.3, 0.4) is 0 Å². The second kappa shape index (κ2) is 7.27. The first-order valence-electron chi connectivity index (χ1n) is 8.30. The fourth-order valence-corrected chi connectivity index (χ4v) is 3.78. The normalized spacial score (nSPS) is 11.0. The van der Waals surface area contributed by atoms with E-state index in [1.165, 1.54) is 21.8 Å². The van der Waals surface area contributed by atoms with Crippen LogP contribution in [0.2, 0.25) is 0 Å². The second-order valence-corrected chi connectivity index (χ2v) is 7.02. The Hall–Kier alpha value is -2.00. The van der Waals surface area contributed by atoms with Crippen LogP contribution < -0.4 is 0 Å². The van der Waals surface area contributed by atoms with E-state index in [9.17, 15) is 8.78 Å². The molecule has 0 N–H and O–H groups in total. The third-order valence-electron chi connectivity index (χ3n) is 4.16. The minimum absolute atomic E-state index is 0.312. The molecule has 2 aromatic carbocycles. The van der Waals surface area contributed by atoms with E-state index in [-0.39, 0.29) is 0 Å². The third-order valence-corrected chi connectivity index (χ3v) is 5.42. The van der Waals surface area contributed by atoms with Crippen molar-refractivity contribution >= 4 is 11.3 Å². The van der Waals surface area contributed by atoms with Gasteiger partial charge in [0.15, 0.2) is 11.6 Å². The Labute approximate surface area is 145 Å². The molecule has 0 fully saturated rings. The SMILES string of the molecule is CCCc1ccc(-c2ccc(-c3ccc(CC)s3)c(F)c2F)cc1. The number of hydrogen-bond donors (Lipinski definition) is 0. The van der Waals surface area contributed by atoms with Crippen molar-refractivity contribution in [2.45, 2.75) is 33.1 Å². The van der Waals surface area contributed by atoms with Crippen LogP contribution in [0.4, 0.5) is 8.78 Å². The van der Waals surface area contributed by atoms with Gasteiger partial charge in [0.1, 0.15) is 0 Å². The van der Waals surface area contributed by atoms with Crippen molar-refractivity contribution in [2.24, 2.45) is 0 Å². The van der Waals surface area contributed by atoms with Crippen LogP contribution in [-0.4, -0.2) is 0 Å². The molecule has 0 aliphatic heterocycles. The van der Waals surface area contributed by atoms with Gasteiger partial charge < -0.3 is 0 Å². The summed E-state index contributed by atoms with van der Waals surface area (Å²) < 4.78 is 29.2. The molecule has 0 aliphatic carbocycles. The number of rotatable bonds is 5. The maximum Gasteiger partial charge on any atom is 0.168 e. The maximum absolute atomic E-state index is 14.6. The predicted molar refractivity (Wildman–Crippen MR) is 98.5 cm³/mol. The zero-order valence-electron chi connectivity index (χ0n) is 13.9. The molecule has 1 aromatic heterocycles. The van der Waals surface area contributed by atoms with Gasteiger partial charge in [-0.2, -0.15) is 0 Å². The van der Waals surface area contributed by atoms with Crippen LogP contribution in [0.1, 0.15) is 30.7 Å². The summed E-state index contributed by atoms with van der Waals surface area (Å²) >= 11 is 1.51. The van der Waals surface area contributed by atoms with E-state index in [1.54, 1.807) is 12.1 Å². The van der Waals surface area contributed by atoms with Crippen LogP contribution >= 0.6 is 11.3 Å². The van der Waals surface area contributed by atoms with Crippen molar-refractivity contribution < 1.29 is 8.78 Å². The Balaban J connectivity index is 1.97. The molecule has 0 aliphatic rings. The van der Waals surface area contributed by atoms with Gasteiger partial charge in [0.05, 0.1) is 0 Å². The maximum atomic E-state index is 14.6. The average molecular weight is 342 g/mol. The smallest absolute Gasteiger partial charge is 0.168 e. The molecule has 3 heteroatoms. The summed E-state index contributed by atoms with van der Waals surface area (Å²) in [6.45, 7) is 4.17. The third kappa shape index (κ3) is 3.27. The largest absolute Gasteiger partial charge is 0.203 e. The van der Waals surface area contributed by atoms with E-state index in [0.29, 0.717) is 16.7 Å². The van der Waals surface area contributed by atoms with E-state index in [1.807, 2.05) is 36.4 Å². The lowest BCUT2D eigenvalue weighted by Crippen LogP contribution is -1.93. The van der Waals surface area contributed by atoms with Gasteiger partial charge in [-0.3, -0.25) is 0 Å². The van der Waals surface area contributed by atoms with Crippen LogP contribution in [0.15, 0.2) is 48.5 Å². The van der Waals surface area contributed by atoms with E-state index >= 15 is 0 Å². The van der Waals surface area contributed by atoms with Crippen molar-refractivity contribution in [1.29, 1.82) is 0 Å². The van der Waals surface area contributed by atoms with Crippen molar-refractivity contribution in [3.8, 4) is 21.6 Å². The summed E-state index contributed by atoms with van der Waals surface area (Å²) in [6.07, 6.45) is 2.96. The first-order valence-corrected chi connectivity index (χ1v) is 9.12. The Morgan fingerprint density at radius 3 is 2.08 bits per heavy atom. The van der Waals surface area contributed by atoms with Crippen molar-refractivity contribution in [1.82, 2.24) is 0 Å². The molecule has 0 nitrogen and oxygen atoms in total. The number of thiophene rings is 1. The highest BCUT2D eigenvalue weighted by Crippen LogP contribution is 2.35. The topological polar surface area (TPSA) is 0 Å². The first-order chi connectivity index (χ1) is 11.6. The Morgan fingerprint density at radius 1 is 0.792 bits per heavy atom. The summed E-state index contributed by atoms with van der Waals surface area (Å²) in [6, 6.07) is 14.9. The molecule has 3 rings (SSSR count). The first kappa shape index (κ1) is 16.8. The van der Waals surface area contributed by atoms with E-state index in [0.717, 1.165) is 24.1 Å². The summed E-state index contributed by atoms with van der Waals surface area (Å²) in [4.78, 5) is 1.94. The Bertz CT molecular complexity index is 832. The summed E-state index contributed by atoms with van der Waals surface area (Å²) in [7, 11) is 0. The minimum atomic E-state index is -0.776. The fourth-order valence-electron chi connectivity index (χ4n) is 2.82. The number of halogens is 2. The molecule has 0 saturated carbocycles. The van der Waals surface area contributed by atoms with Crippen LogP contribution in [0, 0.1) is 11.6 Å². The fraction of sp³-hybridized carbons (Fsp3) is 0.238. The molecule has 0 atom stereocenters. The quantitative estimate of drug-likeness (QED) is 0.474. The molecule has 0 amide bonds. The van der Waals surface area contributed by atoms with Crippen molar-refractivity contribution in [2.75, 3.05) is 0 Å². The number of aryl methyl sites for hydroxylation is 2. The molecular formula is C21H20F2S. The van der Waals surface area contributed by atoms with Gasteiger partial charge in [0, 0.05) is 20.9 Å². The van der Waals surface area contributed by atoms with Gasteiger partial charge >= 0.3 is 0 Å². The van der Waals surface area contributed by atoms with Crippen molar-refractivity contribution in [3.63, 3.8) is 0 Å². The van der Waals surface area contributed by atoms with Crippen LogP contribution in [0.25, 0.3) is 21.6 Å². The summed E-state index contributed by atoms with van der Waals surface area (Å²) in [5.74, 6) is -1.54. The van der Waals surface area contributed by atoms with E-state index < -0.39 is 11.6 Å². The monoisotopic (exact) mass is 342 g/mol.